The number of likely N-dealkylation sites (tertiary alicyclic amines) is 1. The second kappa shape index (κ2) is 2.79. The largest absolute Gasteiger partial charge is 0.472 e. The van der Waals surface area contributed by atoms with Crippen LogP contribution in [0.5, 0.6) is 5.88 Å². The smallest absolute Gasteiger partial charge is 0.211 e. The Labute approximate surface area is 71.7 Å². The van der Waals surface area contributed by atoms with E-state index in [0.717, 1.165) is 19.0 Å². The molecule has 4 nitrogen and oxygen atoms in total. The van der Waals surface area contributed by atoms with Crippen LogP contribution >= 0.6 is 0 Å². The van der Waals surface area contributed by atoms with Gasteiger partial charge in [-0.3, -0.25) is 4.90 Å². The van der Waals surface area contributed by atoms with Crippen LogP contribution < -0.4 is 4.74 Å². The summed E-state index contributed by atoms with van der Waals surface area (Å²) in [5.41, 5.74) is 0. The number of aryl methyl sites for hydroxylation is 1. The van der Waals surface area contributed by atoms with Crippen molar-refractivity contribution < 1.29 is 4.74 Å². The number of rotatable bonds is 2. The summed E-state index contributed by atoms with van der Waals surface area (Å²) in [6, 6.07) is 1.89. The summed E-state index contributed by atoms with van der Waals surface area (Å²) < 4.78 is 7.40. The highest BCUT2D eigenvalue weighted by atomic mass is 16.5. The Hall–Kier alpha value is -1.03. The minimum atomic E-state index is 0.352. The number of aromatic nitrogens is 2. The van der Waals surface area contributed by atoms with Gasteiger partial charge in [0.05, 0.1) is 6.20 Å². The van der Waals surface area contributed by atoms with Gasteiger partial charge in [0.15, 0.2) is 0 Å². The van der Waals surface area contributed by atoms with Crippen LogP contribution in [-0.4, -0.2) is 40.9 Å². The van der Waals surface area contributed by atoms with Crippen LogP contribution in [0.4, 0.5) is 0 Å². The molecule has 0 bridgehead atoms. The van der Waals surface area contributed by atoms with Gasteiger partial charge in [-0.05, 0) is 7.05 Å². The topological polar surface area (TPSA) is 30.3 Å². The third-order valence-electron chi connectivity index (χ3n) is 2.09. The highest BCUT2D eigenvalue weighted by molar-refractivity contribution is 5.08. The minimum absolute atomic E-state index is 0.352. The van der Waals surface area contributed by atoms with Crippen LogP contribution in [0.2, 0.25) is 0 Å². The Balaban J connectivity index is 1.92. The first-order chi connectivity index (χ1) is 5.75. The molecule has 4 heteroatoms. The Morgan fingerprint density at radius 2 is 2.25 bits per heavy atom. The van der Waals surface area contributed by atoms with Gasteiger partial charge in [-0.15, -0.1) is 0 Å². The predicted molar refractivity (Wildman–Crippen MR) is 45.1 cm³/mol. The van der Waals surface area contributed by atoms with Crippen molar-refractivity contribution in [3.05, 3.63) is 12.3 Å². The van der Waals surface area contributed by atoms with Crippen molar-refractivity contribution in [2.24, 2.45) is 7.05 Å². The predicted octanol–water partition coefficient (Wildman–Crippen LogP) is 0.113. The Morgan fingerprint density at radius 1 is 1.50 bits per heavy atom. The van der Waals surface area contributed by atoms with Crippen LogP contribution in [0, 0.1) is 0 Å². The van der Waals surface area contributed by atoms with Gasteiger partial charge >= 0.3 is 0 Å². The van der Waals surface area contributed by atoms with Gasteiger partial charge in [-0.2, -0.15) is 5.10 Å². The Morgan fingerprint density at radius 3 is 2.75 bits per heavy atom. The molecule has 1 fully saturated rings. The van der Waals surface area contributed by atoms with Crippen LogP contribution in [-0.2, 0) is 7.05 Å². The summed E-state index contributed by atoms with van der Waals surface area (Å²) in [5.74, 6) is 0.855. The highest BCUT2D eigenvalue weighted by Gasteiger charge is 2.25. The molecule has 0 aliphatic carbocycles. The van der Waals surface area contributed by atoms with E-state index in [9.17, 15) is 0 Å². The summed E-state index contributed by atoms with van der Waals surface area (Å²) >= 11 is 0. The SMILES string of the molecule is CN1CC(Oc2ccnn2C)C1. The molecule has 2 heterocycles. The molecule has 0 radical (unpaired) electrons. The van der Waals surface area contributed by atoms with Crippen molar-refractivity contribution in [1.29, 1.82) is 0 Å². The molecule has 0 unspecified atom stereocenters. The highest BCUT2D eigenvalue weighted by Crippen LogP contribution is 2.14. The van der Waals surface area contributed by atoms with Gasteiger partial charge in [-0.1, -0.05) is 0 Å². The molecule has 1 aromatic rings. The first kappa shape index (κ1) is 7.61. The van der Waals surface area contributed by atoms with Gasteiger partial charge in [0, 0.05) is 26.2 Å². The molecule has 1 saturated heterocycles. The van der Waals surface area contributed by atoms with E-state index >= 15 is 0 Å². The number of hydrogen-bond acceptors (Lipinski definition) is 3. The second-order valence-electron chi connectivity index (χ2n) is 3.25. The van der Waals surface area contributed by atoms with Crippen LogP contribution in [0.25, 0.3) is 0 Å². The maximum atomic E-state index is 5.65. The first-order valence-electron chi connectivity index (χ1n) is 4.09. The number of nitrogens with zero attached hydrogens (tertiary/aromatic N) is 3. The summed E-state index contributed by atoms with van der Waals surface area (Å²) in [7, 11) is 3.97. The molecular formula is C8H13N3O. The summed E-state index contributed by atoms with van der Waals surface area (Å²) in [5, 5.41) is 4.03. The average Bonchev–Trinajstić information content (AvgIpc) is 2.33. The van der Waals surface area contributed by atoms with Crippen LogP contribution in [0.15, 0.2) is 12.3 Å². The molecule has 1 aromatic heterocycles. The number of hydrogen-bond donors (Lipinski definition) is 0. The van der Waals surface area contributed by atoms with E-state index in [1.54, 1.807) is 10.9 Å². The molecule has 0 N–H and O–H groups in total. The molecular weight excluding hydrogens is 154 g/mol. The minimum Gasteiger partial charge on any atom is -0.472 e. The van der Waals surface area contributed by atoms with E-state index in [1.807, 2.05) is 13.1 Å². The van der Waals surface area contributed by atoms with Crippen LogP contribution in [0.3, 0.4) is 0 Å². The van der Waals surface area contributed by atoms with Crippen molar-refractivity contribution >= 4 is 0 Å². The number of ether oxygens (including phenoxy) is 1. The Bertz CT molecular complexity index is 265. The molecule has 0 spiro atoms. The lowest BCUT2D eigenvalue weighted by molar-refractivity contribution is 0.0326. The molecule has 0 aromatic carbocycles. The molecule has 1 aliphatic heterocycles. The Kier molecular flexibility index (Phi) is 1.77. The van der Waals surface area contributed by atoms with E-state index in [2.05, 4.69) is 17.0 Å². The summed E-state index contributed by atoms with van der Waals surface area (Å²) in [6.07, 6.45) is 2.10. The molecule has 0 saturated carbocycles. The fourth-order valence-electron chi connectivity index (χ4n) is 1.36. The summed E-state index contributed by atoms with van der Waals surface area (Å²) in [4.78, 5) is 2.22. The standard InChI is InChI=1S/C8H13N3O/c1-10-5-7(6-10)12-8-3-4-9-11(8)2/h3-4,7H,5-6H2,1-2H3. The first-order valence-corrected chi connectivity index (χ1v) is 4.09. The summed E-state index contributed by atoms with van der Waals surface area (Å²) in [6.45, 7) is 2.04. The third-order valence-corrected chi connectivity index (χ3v) is 2.09. The zero-order chi connectivity index (χ0) is 8.55. The normalized spacial score (nSPS) is 19.2. The third kappa shape index (κ3) is 1.30. The fraction of sp³-hybridized carbons (Fsp3) is 0.625. The van der Waals surface area contributed by atoms with E-state index in [-0.39, 0.29) is 0 Å². The van der Waals surface area contributed by atoms with E-state index in [4.69, 9.17) is 4.74 Å². The quantitative estimate of drug-likeness (QED) is 0.626. The molecule has 1 aliphatic rings. The van der Waals surface area contributed by atoms with E-state index < -0.39 is 0 Å². The average molecular weight is 167 g/mol. The second-order valence-corrected chi connectivity index (χ2v) is 3.25. The lowest BCUT2D eigenvalue weighted by atomic mass is 10.2. The molecule has 2 rings (SSSR count). The van der Waals surface area contributed by atoms with Gasteiger partial charge in [-0.25, -0.2) is 4.68 Å². The van der Waals surface area contributed by atoms with Crippen molar-refractivity contribution in [3.63, 3.8) is 0 Å². The lowest BCUT2D eigenvalue weighted by Crippen LogP contribution is -2.51. The lowest BCUT2D eigenvalue weighted by Gasteiger charge is -2.35. The van der Waals surface area contributed by atoms with Gasteiger partial charge < -0.3 is 4.74 Å². The molecule has 0 atom stereocenters. The maximum absolute atomic E-state index is 5.65. The van der Waals surface area contributed by atoms with Crippen molar-refractivity contribution in [1.82, 2.24) is 14.7 Å². The molecule has 0 amide bonds. The van der Waals surface area contributed by atoms with Crippen LogP contribution in [0.1, 0.15) is 0 Å². The molecule has 12 heavy (non-hydrogen) atoms. The van der Waals surface area contributed by atoms with Gasteiger partial charge in [0.25, 0.3) is 0 Å². The van der Waals surface area contributed by atoms with Crippen molar-refractivity contribution in [2.75, 3.05) is 20.1 Å². The van der Waals surface area contributed by atoms with E-state index in [0.29, 0.717) is 6.10 Å². The van der Waals surface area contributed by atoms with Gasteiger partial charge in [0.1, 0.15) is 6.10 Å². The van der Waals surface area contributed by atoms with E-state index in [1.165, 1.54) is 0 Å². The molecule has 66 valence electrons. The zero-order valence-electron chi connectivity index (χ0n) is 7.40. The zero-order valence-corrected chi connectivity index (χ0v) is 7.40. The monoisotopic (exact) mass is 167 g/mol. The van der Waals surface area contributed by atoms with Gasteiger partial charge in [0.2, 0.25) is 5.88 Å². The fourth-order valence-corrected chi connectivity index (χ4v) is 1.36. The maximum Gasteiger partial charge on any atom is 0.211 e. The van der Waals surface area contributed by atoms with Crippen molar-refractivity contribution in [2.45, 2.75) is 6.10 Å². The van der Waals surface area contributed by atoms with Crippen molar-refractivity contribution in [3.8, 4) is 5.88 Å². The number of likely N-dealkylation sites (N-methyl/N-ethyl adjacent to an activating group) is 1.